The van der Waals surface area contributed by atoms with Gasteiger partial charge in [0, 0.05) is 15.7 Å². The van der Waals surface area contributed by atoms with E-state index in [1.807, 2.05) is 24.3 Å². The summed E-state index contributed by atoms with van der Waals surface area (Å²) >= 11 is 25.7. The van der Waals surface area contributed by atoms with Crippen molar-refractivity contribution in [2.45, 2.75) is 100 Å². The SMILES string of the molecule is CCCCCCCCCCCCCCC(=O)N[C@@H](NC(=S)Nc1ccc(I)cc1)C(Cl)(Cl)Cl. The summed E-state index contributed by atoms with van der Waals surface area (Å²) in [7, 11) is 0. The van der Waals surface area contributed by atoms with Gasteiger partial charge in [-0.25, -0.2) is 0 Å². The Labute approximate surface area is 233 Å². The molecule has 1 aromatic rings. The summed E-state index contributed by atoms with van der Waals surface area (Å²) < 4.78 is -0.634. The van der Waals surface area contributed by atoms with Crippen molar-refractivity contribution in [1.82, 2.24) is 10.6 Å². The molecule has 0 radical (unpaired) electrons. The zero-order chi connectivity index (χ0) is 24.5. The van der Waals surface area contributed by atoms with Crippen LogP contribution in [0.2, 0.25) is 0 Å². The Kier molecular flexibility index (Phi) is 17.2. The Bertz CT molecular complexity index is 687. The van der Waals surface area contributed by atoms with Crippen LogP contribution in [0.5, 0.6) is 0 Å². The van der Waals surface area contributed by atoms with Gasteiger partial charge in [-0.3, -0.25) is 4.79 Å². The third-order valence-electron chi connectivity index (χ3n) is 5.27. The number of alkyl halides is 3. The molecule has 0 aliphatic carbocycles. The highest BCUT2D eigenvalue weighted by Crippen LogP contribution is 2.29. The molecule has 0 unspecified atom stereocenters. The van der Waals surface area contributed by atoms with Gasteiger partial charge in [-0.15, -0.1) is 0 Å². The minimum absolute atomic E-state index is 0.164. The van der Waals surface area contributed by atoms with Crippen molar-refractivity contribution in [3.05, 3.63) is 27.8 Å². The van der Waals surface area contributed by atoms with Crippen molar-refractivity contribution < 1.29 is 4.79 Å². The Hall–Kier alpha value is -0.0200. The van der Waals surface area contributed by atoms with Crippen LogP contribution in [0.1, 0.15) is 90.4 Å². The topological polar surface area (TPSA) is 53.2 Å². The lowest BCUT2D eigenvalue weighted by molar-refractivity contribution is -0.122. The van der Waals surface area contributed by atoms with Crippen LogP contribution < -0.4 is 16.0 Å². The number of thiocarbonyl (C=S) groups is 1. The van der Waals surface area contributed by atoms with Gasteiger partial charge in [0.15, 0.2) is 5.11 Å². The maximum atomic E-state index is 12.4. The van der Waals surface area contributed by atoms with Gasteiger partial charge >= 0.3 is 0 Å². The Balaban J connectivity index is 2.21. The van der Waals surface area contributed by atoms with Crippen LogP contribution in [0.15, 0.2) is 24.3 Å². The first-order chi connectivity index (χ1) is 15.7. The predicted molar refractivity (Wildman–Crippen MR) is 156 cm³/mol. The van der Waals surface area contributed by atoms with Gasteiger partial charge < -0.3 is 16.0 Å². The molecule has 1 amide bonds. The summed E-state index contributed by atoms with van der Waals surface area (Å²) in [5.74, 6) is -0.164. The fourth-order valence-electron chi connectivity index (χ4n) is 3.39. The number of amides is 1. The van der Waals surface area contributed by atoms with E-state index in [1.165, 1.54) is 57.8 Å². The fourth-order valence-corrected chi connectivity index (χ4v) is 4.31. The molecule has 0 heterocycles. The van der Waals surface area contributed by atoms with Crippen molar-refractivity contribution in [2.24, 2.45) is 0 Å². The second kappa shape index (κ2) is 18.3. The van der Waals surface area contributed by atoms with Crippen LogP contribution in [0, 0.1) is 3.57 Å². The van der Waals surface area contributed by atoms with Crippen molar-refractivity contribution in [3.8, 4) is 0 Å². The number of hydrogen-bond donors (Lipinski definition) is 3. The number of halogens is 4. The maximum absolute atomic E-state index is 12.4. The third-order valence-corrected chi connectivity index (χ3v) is 6.86. The summed E-state index contributed by atoms with van der Waals surface area (Å²) in [6.45, 7) is 2.25. The van der Waals surface area contributed by atoms with E-state index in [0.717, 1.165) is 28.5 Å². The summed E-state index contributed by atoms with van der Waals surface area (Å²) in [6.07, 6.45) is 14.4. The zero-order valence-corrected chi connectivity index (χ0v) is 24.6. The standard InChI is InChI=1S/C24H37Cl3IN3OS/c1-2-3-4-5-6-7-8-9-10-11-12-13-14-21(32)30-22(24(25,26)27)31-23(33)29-20-17-15-19(28)16-18-20/h15-18,22H,2-14H2,1H3,(H,30,32)(H2,29,31,33)/t22-/m0/s1. The van der Waals surface area contributed by atoms with E-state index in [4.69, 9.17) is 47.0 Å². The number of benzene rings is 1. The second-order valence-corrected chi connectivity index (χ2v) is 12.3. The van der Waals surface area contributed by atoms with E-state index in [9.17, 15) is 4.79 Å². The summed E-state index contributed by atoms with van der Waals surface area (Å²) in [6, 6.07) is 7.70. The Morgan fingerprint density at radius 2 is 1.36 bits per heavy atom. The minimum atomic E-state index is -1.75. The predicted octanol–water partition coefficient (Wildman–Crippen LogP) is 8.48. The monoisotopic (exact) mass is 647 g/mol. The number of rotatable bonds is 16. The quantitative estimate of drug-likeness (QED) is 0.0554. The highest BCUT2D eigenvalue weighted by Gasteiger charge is 2.34. The van der Waals surface area contributed by atoms with Crippen molar-refractivity contribution in [2.75, 3.05) is 5.32 Å². The Morgan fingerprint density at radius 3 is 1.85 bits per heavy atom. The average Bonchev–Trinajstić information content (AvgIpc) is 2.75. The second-order valence-electron chi connectivity index (χ2n) is 8.29. The van der Waals surface area contributed by atoms with Gasteiger partial charge in [0.25, 0.3) is 0 Å². The van der Waals surface area contributed by atoms with Crippen molar-refractivity contribution >= 4 is 86.3 Å². The lowest BCUT2D eigenvalue weighted by atomic mass is 10.0. The molecule has 0 saturated heterocycles. The number of nitrogens with one attached hydrogen (secondary N) is 3. The highest BCUT2D eigenvalue weighted by molar-refractivity contribution is 14.1. The molecular formula is C24H37Cl3IN3OS. The first kappa shape index (κ1) is 31.0. The molecule has 1 atom stereocenters. The molecule has 0 aliphatic rings. The van der Waals surface area contributed by atoms with E-state index < -0.39 is 9.96 Å². The molecule has 0 aromatic heterocycles. The average molecular weight is 649 g/mol. The normalized spacial score (nSPS) is 12.3. The summed E-state index contributed by atoms with van der Waals surface area (Å²) in [4.78, 5) is 12.4. The minimum Gasteiger partial charge on any atom is -0.339 e. The van der Waals surface area contributed by atoms with Gasteiger partial charge in [0.2, 0.25) is 9.70 Å². The molecule has 9 heteroatoms. The van der Waals surface area contributed by atoms with Gasteiger partial charge in [0.1, 0.15) is 6.17 Å². The molecule has 0 fully saturated rings. The van der Waals surface area contributed by atoms with Gasteiger partial charge in [0.05, 0.1) is 0 Å². The molecule has 3 N–H and O–H groups in total. The fraction of sp³-hybridized carbons (Fsp3) is 0.667. The third kappa shape index (κ3) is 16.3. The zero-order valence-electron chi connectivity index (χ0n) is 19.4. The van der Waals surface area contributed by atoms with Crippen LogP contribution in [0.25, 0.3) is 0 Å². The molecule has 188 valence electrons. The number of anilines is 1. The number of carbonyl (C=O) groups is 1. The summed E-state index contributed by atoms with van der Waals surface area (Å²) in [5, 5.41) is 8.93. The van der Waals surface area contributed by atoms with Crippen LogP contribution in [0.4, 0.5) is 5.69 Å². The number of hydrogen-bond acceptors (Lipinski definition) is 2. The molecule has 0 saturated carbocycles. The molecule has 1 aromatic carbocycles. The van der Waals surface area contributed by atoms with Crippen molar-refractivity contribution in [3.63, 3.8) is 0 Å². The van der Waals surface area contributed by atoms with E-state index >= 15 is 0 Å². The first-order valence-corrected chi connectivity index (χ1v) is 14.5. The van der Waals surface area contributed by atoms with Crippen LogP contribution in [0.3, 0.4) is 0 Å². The molecule has 0 bridgehead atoms. The van der Waals surface area contributed by atoms with E-state index in [0.29, 0.717) is 6.42 Å². The van der Waals surface area contributed by atoms with Gasteiger partial charge in [-0.1, -0.05) is 112 Å². The van der Waals surface area contributed by atoms with Crippen LogP contribution >= 0.6 is 69.6 Å². The molecule has 4 nitrogen and oxygen atoms in total. The van der Waals surface area contributed by atoms with Crippen LogP contribution in [-0.2, 0) is 4.79 Å². The van der Waals surface area contributed by atoms with E-state index in [2.05, 4.69) is 45.5 Å². The molecule has 0 spiro atoms. The smallest absolute Gasteiger partial charge is 0.228 e. The van der Waals surface area contributed by atoms with Crippen molar-refractivity contribution in [1.29, 1.82) is 0 Å². The molecule has 0 aliphatic heterocycles. The highest BCUT2D eigenvalue weighted by atomic mass is 127. The molecule has 1 rings (SSSR count). The number of carbonyl (C=O) groups excluding carboxylic acids is 1. The van der Waals surface area contributed by atoms with Crippen LogP contribution in [-0.4, -0.2) is 21.0 Å². The summed E-state index contributed by atoms with van der Waals surface area (Å²) in [5.41, 5.74) is 0.804. The number of unbranched alkanes of at least 4 members (excludes halogenated alkanes) is 11. The molecular weight excluding hydrogens is 612 g/mol. The van der Waals surface area contributed by atoms with Gasteiger partial charge in [-0.05, 0) is 65.5 Å². The lowest BCUT2D eigenvalue weighted by Crippen LogP contribution is -2.56. The largest absolute Gasteiger partial charge is 0.339 e. The molecule has 33 heavy (non-hydrogen) atoms. The maximum Gasteiger partial charge on any atom is 0.228 e. The lowest BCUT2D eigenvalue weighted by Gasteiger charge is -2.27. The first-order valence-electron chi connectivity index (χ1n) is 11.9. The van der Waals surface area contributed by atoms with Gasteiger partial charge in [-0.2, -0.15) is 0 Å². The van der Waals surface area contributed by atoms with E-state index in [1.54, 1.807) is 0 Å². The van der Waals surface area contributed by atoms with E-state index in [-0.39, 0.29) is 11.0 Å². The Morgan fingerprint density at radius 1 is 0.879 bits per heavy atom.